The monoisotopic (exact) mass is 283 g/mol. The molecule has 0 bridgehead atoms. The van der Waals surface area contributed by atoms with Crippen LogP contribution in [0.15, 0.2) is 72.2 Å². The highest BCUT2D eigenvalue weighted by Gasteiger charge is 2.21. The van der Waals surface area contributed by atoms with Crippen molar-refractivity contribution in [2.75, 3.05) is 0 Å². The molecule has 1 aliphatic carbocycles. The molecule has 1 aromatic rings. The third-order valence-corrected chi connectivity index (χ3v) is 3.37. The predicted octanol–water partition coefficient (Wildman–Crippen LogP) is 2.99. The molecule has 2 aliphatic rings. The molecule has 3 rings (SSSR count). The van der Waals surface area contributed by atoms with E-state index in [1.807, 2.05) is 30.4 Å². The van der Waals surface area contributed by atoms with Crippen molar-refractivity contribution in [2.45, 2.75) is 25.4 Å². The molecule has 4 heteroatoms. The van der Waals surface area contributed by atoms with Crippen molar-refractivity contribution in [3.8, 4) is 0 Å². The summed E-state index contributed by atoms with van der Waals surface area (Å²) in [6, 6.07) is 5.62. The molecule has 21 heavy (non-hydrogen) atoms. The maximum absolute atomic E-state index is 10.3. The van der Waals surface area contributed by atoms with Crippen molar-refractivity contribution >= 4 is 0 Å². The summed E-state index contributed by atoms with van der Waals surface area (Å²) >= 11 is 0. The van der Waals surface area contributed by atoms with E-state index in [1.54, 1.807) is 12.5 Å². The highest BCUT2D eigenvalue weighted by molar-refractivity contribution is 5.33. The summed E-state index contributed by atoms with van der Waals surface area (Å²) in [6.07, 6.45) is 12.4. The van der Waals surface area contributed by atoms with Gasteiger partial charge in [0.15, 0.2) is 11.5 Å². The van der Waals surface area contributed by atoms with Crippen molar-refractivity contribution < 1.29 is 14.6 Å². The predicted molar refractivity (Wildman–Crippen MR) is 78.7 cm³/mol. The van der Waals surface area contributed by atoms with Crippen LogP contribution in [0, 0.1) is 0 Å². The van der Waals surface area contributed by atoms with Crippen LogP contribution in [0.2, 0.25) is 0 Å². The Morgan fingerprint density at radius 1 is 1.29 bits per heavy atom. The van der Waals surface area contributed by atoms with Gasteiger partial charge in [-0.05, 0) is 30.5 Å². The van der Waals surface area contributed by atoms with Crippen LogP contribution < -0.4 is 0 Å². The fraction of sp³-hybridized carbons (Fsp3) is 0.235. The van der Waals surface area contributed by atoms with Crippen LogP contribution in [0.5, 0.6) is 0 Å². The van der Waals surface area contributed by atoms with Gasteiger partial charge in [0, 0.05) is 18.3 Å². The first kappa shape index (κ1) is 13.6. The van der Waals surface area contributed by atoms with Gasteiger partial charge in [-0.25, -0.2) is 0 Å². The molecule has 1 N–H and O–H groups in total. The second-order valence-corrected chi connectivity index (χ2v) is 4.94. The molecule has 0 saturated carbocycles. The van der Waals surface area contributed by atoms with Gasteiger partial charge in [-0.15, -0.1) is 0 Å². The number of ether oxygens (including phenoxy) is 2. The number of aliphatic hydroxyl groups is 1. The van der Waals surface area contributed by atoms with Gasteiger partial charge in [-0.1, -0.05) is 24.3 Å². The second-order valence-electron chi connectivity index (χ2n) is 4.94. The molecule has 2 heterocycles. The summed E-state index contributed by atoms with van der Waals surface area (Å²) in [7, 11) is 0. The molecular formula is C17H17NO3. The van der Waals surface area contributed by atoms with Crippen molar-refractivity contribution in [1.29, 1.82) is 0 Å². The molecule has 0 saturated heterocycles. The van der Waals surface area contributed by atoms with Crippen molar-refractivity contribution in [2.24, 2.45) is 0 Å². The lowest BCUT2D eigenvalue weighted by Crippen LogP contribution is -2.19. The first-order chi connectivity index (χ1) is 10.3. The first-order valence-electron chi connectivity index (χ1n) is 7.00. The molecule has 0 fully saturated rings. The van der Waals surface area contributed by atoms with Crippen LogP contribution in [0.1, 0.15) is 18.5 Å². The van der Waals surface area contributed by atoms with Gasteiger partial charge in [-0.2, -0.15) is 0 Å². The van der Waals surface area contributed by atoms with Gasteiger partial charge < -0.3 is 14.6 Å². The van der Waals surface area contributed by atoms with E-state index in [2.05, 4.69) is 11.1 Å². The van der Waals surface area contributed by atoms with Crippen LogP contribution in [-0.2, 0) is 15.9 Å². The molecule has 0 spiro atoms. The van der Waals surface area contributed by atoms with Gasteiger partial charge in [0.05, 0.1) is 0 Å². The number of allylic oxidation sites excluding steroid dienone is 4. The summed E-state index contributed by atoms with van der Waals surface area (Å²) in [5.74, 6) is 1.07. The lowest BCUT2D eigenvalue weighted by atomic mass is 10.0. The molecule has 0 radical (unpaired) electrons. The van der Waals surface area contributed by atoms with E-state index in [-0.39, 0.29) is 0 Å². The minimum atomic E-state index is -0.775. The molecule has 108 valence electrons. The number of hydrogen-bond donors (Lipinski definition) is 1. The first-order valence-corrected chi connectivity index (χ1v) is 7.00. The van der Waals surface area contributed by atoms with Gasteiger partial charge in [0.2, 0.25) is 0 Å². The van der Waals surface area contributed by atoms with E-state index in [9.17, 15) is 5.11 Å². The normalized spacial score (nSPS) is 18.8. The van der Waals surface area contributed by atoms with Gasteiger partial charge in [-0.3, -0.25) is 4.98 Å². The van der Waals surface area contributed by atoms with E-state index in [0.717, 1.165) is 24.1 Å². The molecular weight excluding hydrogens is 266 g/mol. The highest BCUT2D eigenvalue weighted by Crippen LogP contribution is 2.27. The van der Waals surface area contributed by atoms with E-state index in [0.29, 0.717) is 17.9 Å². The zero-order valence-electron chi connectivity index (χ0n) is 11.6. The third-order valence-electron chi connectivity index (χ3n) is 3.37. The Kier molecular flexibility index (Phi) is 4.17. The van der Waals surface area contributed by atoms with Crippen LogP contribution in [-0.4, -0.2) is 16.2 Å². The van der Waals surface area contributed by atoms with Gasteiger partial charge in [0.25, 0.3) is 0 Å². The van der Waals surface area contributed by atoms with E-state index in [1.165, 1.54) is 6.26 Å². The number of aromatic nitrogens is 1. The fourth-order valence-corrected chi connectivity index (χ4v) is 2.25. The lowest BCUT2D eigenvalue weighted by Gasteiger charge is -2.22. The summed E-state index contributed by atoms with van der Waals surface area (Å²) in [4.78, 5) is 4.20. The standard InChI is InChI=1S/C17H17NO3/c19-15(10-14-8-4-5-9-18-14)17-12-20-11-16(21-17)13-6-2-1-3-7-13/h1-2,4-6,8-9,11-12,15,19H,3,7,10H2. The minimum Gasteiger partial charge on any atom is -0.465 e. The molecule has 1 atom stereocenters. The number of pyridine rings is 1. The summed E-state index contributed by atoms with van der Waals surface area (Å²) in [5, 5.41) is 10.3. The largest absolute Gasteiger partial charge is 0.465 e. The molecule has 1 aliphatic heterocycles. The average molecular weight is 283 g/mol. The Balaban J connectivity index is 1.65. The van der Waals surface area contributed by atoms with Crippen molar-refractivity contribution in [3.63, 3.8) is 0 Å². The SMILES string of the molecule is OC(Cc1ccccn1)C1=COC=C(C2=CC=CCC2)O1. The zero-order chi connectivity index (χ0) is 14.5. The van der Waals surface area contributed by atoms with Crippen LogP contribution in [0.25, 0.3) is 0 Å². The quantitative estimate of drug-likeness (QED) is 0.923. The fourth-order valence-electron chi connectivity index (χ4n) is 2.25. The van der Waals surface area contributed by atoms with Crippen LogP contribution in [0.3, 0.4) is 0 Å². The van der Waals surface area contributed by atoms with Crippen molar-refractivity contribution in [1.82, 2.24) is 4.98 Å². The molecule has 0 amide bonds. The second kappa shape index (κ2) is 6.41. The average Bonchev–Trinajstić information content (AvgIpc) is 2.57. The minimum absolute atomic E-state index is 0.391. The van der Waals surface area contributed by atoms with Crippen LogP contribution >= 0.6 is 0 Å². The van der Waals surface area contributed by atoms with E-state index < -0.39 is 6.10 Å². The van der Waals surface area contributed by atoms with E-state index in [4.69, 9.17) is 9.47 Å². The Morgan fingerprint density at radius 2 is 2.24 bits per heavy atom. The Hall–Kier alpha value is -2.33. The molecule has 1 aromatic heterocycles. The molecule has 4 nitrogen and oxygen atoms in total. The number of nitrogens with zero attached hydrogens (tertiary/aromatic N) is 1. The molecule has 1 unspecified atom stereocenters. The van der Waals surface area contributed by atoms with Crippen LogP contribution in [0.4, 0.5) is 0 Å². The Bertz CT molecular complexity index is 614. The zero-order valence-corrected chi connectivity index (χ0v) is 11.6. The summed E-state index contributed by atoms with van der Waals surface area (Å²) in [6.45, 7) is 0. The highest BCUT2D eigenvalue weighted by atomic mass is 16.6. The van der Waals surface area contributed by atoms with Gasteiger partial charge in [0.1, 0.15) is 18.6 Å². The summed E-state index contributed by atoms with van der Waals surface area (Å²) in [5.41, 5.74) is 1.89. The maximum atomic E-state index is 10.3. The number of rotatable bonds is 4. The summed E-state index contributed by atoms with van der Waals surface area (Å²) < 4.78 is 11.1. The van der Waals surface area contributed by atoms with Crippen molar-refractivity contribution in [3.05, 3.63) is 77.9 Å². The molecule has 0 aromatic carbocycles. The smallest absolute Gasteiger partial charge is 0.168 e. The third kappa shape index (κ3) is 3.41. The Morgan fingerprint density at radius 3 is 3.00 bits per heavy atom. The van der Waals surface area contributed by atoms with Gasteiger partial charge >= 0.3 is 0 Å². The Labute approximate surface area is 123 Å². The number of hydrogen-bond acceptors (Lipinski definition) is 4. The number of aliphatic hydroxyl groups excluding tert-OH is 1. The lowest BCUT2D eigenvalue weighted by molar-refractivity contribution is 0.111. The maximum Gasteiger partial charge on any atom is 0.168 e. The van der Waals surface area contributed by atoms with E-state index >= 15 is 0 Å². The topological polar surface area (TPSA) is 51.6 Å².